The van der Waals surface area contributed by atoms with Crippen LogP contribution in [0.1, 0.15) is 23.6 Å². The highest BCUT2D eigenvalue weighted by Crippen LogP contribution is 2.28. The summed E-state index contributed by atoms with van der Waals surface area (Å²) in [5.74, 6) is -2.41. The van der Waals surface area contributed by atoms with Crippen molar-refractivity contribution in [1.82, 2.24) is 5.43 Å². The van der Waals surface area contributed by atoms with Crippen LogP contribution in [-0.4, -0.2) is 37.1 Å². The van der Waals surface area contributed by atoms with Gasteiger partial charge in [-0.05, 0) is 79.9 Å². The zero-order valence-corrected chi connectivity index (χ0v) is 20.6. The summed E-state index contributed by atoms with van der Waals surface area (Å²) < 4.78 is 24.9. The average molecular weight is 507 g/mol. The lowest BCUT2D eigenvalue weighted by molar-refractivity contribution is -0.136. The summed E-state index contributed by atoms with van der Waals surface area (Å²) in [6.45, 7) is 5.81. The lowest BCUT2D eigenvalue weighted by atomic mass is 10.1. The fraction of sp³-hybridized carbons (Fsp3) is 0.185. The highest BCUT2D eigenvalue weighted by Gasteiger charge is 2.15. The van der Waals surface area contributed by atoms with Crippen LogP contribution < -0.4 is 25.5 Å². The molecule has 3 aromatic rings. The Balaban J connectivity index is 1.57. The molecule has 0 aliphatic carbocycles. The van der Waals surface area contributed by atoms with Crippen molar-refractivity contribution in [3.63, 3.8) is 0 Å². The summed E-state index contributed by atoms with van der Waals surface area (Å²) >= 11 is 0. The van der Waals surface area contributed by atoms with Gasteiger partial charge in [0.1, 0.15) is 5.82 Å². The maximum Gasteiger partial charge on any atom is 0.329 e. The molecule has 0 heterocycles. The standard InChI is InChI=1S/C27H27FN4O5/c1-4-36-24-14-19(15-29-32-27(35)26(34)31-22-8-6-5-7-21(22)28)9-10-23(24)37-16-25(33)30-20-12-17(2)11-18(3)13-20/h5-15H,4,16H2,1-3H3,(H,30,33)(H,31,34)(H,32,35)/b29-15-. The predicted octanol–water partition coefficient (Wildman–Crippen LogP) is 3.95. The van der Waals surface area contributed by atoms with E-state index in [0.29, 0.717) is 29.4 Å². The molecule has 0 bridgehead atoms. The molecule has 0 aromatic heterocycles. The summed E-state index contributed by atoms with van der Waals surface area (Å²) in [6, 6.07) is 16.1. The van der Waals surface area contributed by atoms with Crippen molar-refractivity contribution < 1.29 is 28.2 Å². The van der Waals surface area contributed by atoms with Gasteiger partial charge in [0.05, 0.1) is 18.5 Å². The van der Waals surface area contributed by atoms with Gasteiger partial charge in [-0.25, -0.2) is 9.82 Å². The molecule has 0 aliphatic rings. The minimum Gasteiger partial charge on any atom is -0.490 e. The van der Waals surface area contributed by atoms with Gasteiger partial charge in [-0.3, -0.25) is 14.4 Å². The molecule has 3 N–H and O–H groups in total. The number of amides is 3. The second-order valence-corrected chi connectivity index (χ2v) is 7.99. The monoisotopic (exact) mass is 506 g/mol. The number of carbonyl (C=O) groups is 3. The third-order valence-corrected chi connectivity index (χ3v) is 4.84. The number of hydrogen-bond donors (Lipinski definition) is 3. The molecule has 0 unspecified atom stereocenters. The summed E-state index contributed by atoms with van der Waals surface area (Å²) in [6.07, 6.45) is 1.30. The van der Waals surface area contributed by atoms with E-state index < -0.39 is 17.6 Å². The number of hydrogen-bond acceptors (Lipinski definition) is 6. The fourth-order valence-electron chi connectivity index (χ4n) is 3.34. The molecule has 10 heteroatoms. The number of aryl methyl sites for hydroxylation is 2. The number of nitrogens with zero attached hydrogens (tertiary/aromatic N) is 1. The number of halogens is 1. The smallest absolute Gasteiger partial charge is 0.329 e. The molecule has 0 radical (unpaired) electrons. The number of nitrogens with one attached hydrogen (secondary N) is 3. The van der Waals surface area contributed by atoms with Crippen molar-refractivity contribution in [3.8, 4) is 11.5 Å². The maximum atomic E-state index is 13.6. The summed E-state index contributed by atoms with van der Waals surface area (Å²) in [4.78, 5) is 36.2. The first-order chi connectivity index (χ1) is 17.7. The lowest BCUT2D eigenvalue weighted by Gasteiger charge is -2.13. The number of ether oxygens (including phenoxy) is 2. The number of benzene rings is 3. The van der Waals surface area contributed by atoms with Gasteiger partial charge in [0.15, 0.2) is 18.1 Å². The topological polar surface area (TPSA) is 118 Å². The van der Waals surface area contributed by atoms with Gasteiger partial charge in [-0.15, -0.1) is 0 Å². The summed E-state index contributed by atoms with van der Waals surface area (Å²) in [7, 11) is 0. The number of carbonyl (C=O) groups excluding carboxylic acids is 3. The molecule has 3 amide bonds. The molecule has 0 saturated heterocycles. The van der Waals surface area contributed by atoms with Crippen molar-refractivity contribution in [2.45, 2.75) is 20.8 Å². The minimum atomic E-state index is -1.07. The second kappa shape index (κ2) is 12.8. The van der Waals surface area contributed by atoms with E-state index in [2.05, 4.69) is 21.2 Å². The Kier molecular flexibility index (Phi) is 9.31. The van der Waals surface area contributed by atoms with E-state index in [0.717, 1.165) is 17.2 Å². The number of anilines is 2. The van der Waals surface area contributed by atoms with Crippen LogP contribution in [0.15, 0.2) is 65.8 Å². The maximum absolute atomic E-state index is 13.6. The van der Waals surface area contributed by atoms with Crippen molar-refractivity contribution in [2.24, 2.45) is 5.10 Å². The fourth-order valence-corrected chi connectivity index (χ4v) is 3.34. The Morgan fingerprint density at radius 2 is 1.62 bits per heavy atom. The highest BCUT2D eigenvalue weighted by molar-refractivity contribution is 6.39. The Morgan fingerprint density at radius 3 is 2.32 bits per heavy atom. The first kappa shape index (κ1) is 26.9. The van der Waals surface area contributed by atoms with E-state index in [1.807, 2.05) is 32.0 Å². The zero-order valence-electron chi connectivity index (χ0n) is 20.6. The molecule has 0 fully saturated rings. The molecule has 0 spiro atoms. The van der Waals surface area contributed by atoms with Gasteiger partial charge in [-0.2, -0.15) is 5.10 Å². The van der Waals surface area contributed by atoms with E-state index in [-0.39, 0.29) is 18.2 Å². The van der Waals surface area contributed by atoms with E-state index in [1.165, 1.54) is 24.4 Å². The van der Waals surface area contributed by atoms with Gasteiger partial charge < -0.3 is 20.1 Å². The van der Waals surface area contributed by atoms with E-state index in [4.69, 9.17) is 9.47 Å². The van der Waals surface area contributed by atoms with Gasteiger partial charge in [0, 0.05) is 5.69 Å². The molecular formula is C27H27FN4O5. The van der Waals surface area contributed by atoms with Crippen LogP contribution in [-0.2, 0) is 14.4 Å². The summed E-state index contributed by atoms with van der Waals surface area (Å²) in [5.41, 5.74) is 5.25. The van der Waals surface area contributed by atoms with Crippen molar-refractivity contribution in [2.75, 3.05) is 23.8 Å². The SMILES string of the molecule is CCOc1cc(/C=N\NC(=O)C(=O)Nc2ccccc2F)ccc1OCC(=O)Nc1cc(C)cc(C)c1. The number of hydrazone groups is 1. The van der Waals surface area contributed by atoms with Crippen molar-refractivity contribution in [1.29, 1.82) is 0 Å². The van der Waals surface area contributed by atoms with E-state index in [9.17, 15) is 18.8 Å². The molecule has 3 rings (SSSR count). The third-order valence-electron chi connectivity index (χ3n) is 4.84. The van der Waals surface area contributed by atoms with Crippen molar-refractivity contribution >= 4 is 35.3 Å². The summed E-state index contributed by atoms with van der Waals surface area (Å²) in [5, 5.41) is 8.72. The Morgan fingerprint density at radius 1 is 0.892 bits per heavy atom. The quantitative estimate of drug-likeness (QED) is 0.231. The first-order valence-corrected chi connectivity index (χ1v) is 11.4. The molecule has 9 nitrogen and oxygen atoms in total. The van der Waals surface area contributed by atoms with Crippen LogP contribution in [0.5, 0.6) is 11.5 Å². The van der Waals surface area contributed by atoms with Gasteiger partial charge >= 0.3 is 11.8 Å². The van der Waals surface area contributed by atoms with Gasteiger partial charge in [0.25, 0.3) is 5.91 Å². The Bertz CT molecular complexity index is 1310. The van der Waals surface area contributed by atoms with Crippen LogP contribution in [0.4, 0.5) is 15.8 Å². The Labute approximate surface area is 213 Å². The van der Waals surface area contributed by atoms with Gasteiger partial charge in [-0.1, -0.05) is 18.2 Å². The molecule has 0 aliphatic heterocycles. The van der Waals surface area contributed by atoms with E-state index >= 15 is 0 Å². The van der Waals surface area contributed by atoms with Crippen LogP contribution in [0, 0.1) is 19.7 Å². The minimum absolute atomic E-state index is 0.119. The van der Waals surface area contributed by atoms with Gasteiger partial charge in [0.2, 0.25) is 0 Å². The number of rotatable bonds is 9. The predicted molar refractivity (Wildman–Crippen MR) is 138 cm³/mol. The van der Waals surface area contributed by atoms with E-state index in [1.54, 1.807) is 25.1 Å². The second-order valence-electron chi connectivity index (χ2n) is 7.99. The molecule has 37 heavy (non-hydrogen) atoms. The molecular weight excluding hydrogens is 479 g/mol. The van der Waals surface area contributed by atoms with Crippen LogP contribution in [0.3, 0.4) is 0 Å². The number of para-hydroxylation sites is 1. The molecule has 0 saturated carbocycles. The largest absolute Gasteiger partial charge is 0.490 e. The van der Waals surface area contributed by atoms with Crippen LogP contribution >= 0.6 is 0 Å². The third kappa shape index (κ3) is 8.17. The molecule has 0 atom stereocenters. The first-order valence-electron chi connectivity index (χ1n) is 11.4. The Hall–Kier alpha value is -4.73. The van der Waals surface area contributed by atoms with Crippen LogP contribution in [0.2, 0.25) is 0 Å². The zero-order chi connectivity index (χ0) is 26.8. The lowest BCUT2D eigenvalue weighted by Crippen LogP contribution is -2.32. The average Bonchev–Trinajstić information content (AvgIpc) is 2.84. The molecule has 3 aromatic carbocycles. The van der Waals surface area contributed by atoms with Crippen molar-refractivity contribution in [3.05, 3.63) is 83.2 Å². The normalized spacial score (nSPS) is 10.6. The highest BCUT2D eigenvalue weighted by atomic mass is 19.1. The molecule has 192 valence electrons. The van der Waals surface area contributed by atoms with Crippen LogP contribution in [0.25, 0.3) is 0 Å².